The maximum absolute atomic E-state index is 12.2. The molecule has 0 fully saturated rings. The summed E-state index contributed by atoms with van der Waals surface area (Å²) in [6, 6.07) is 6.91. The van der Waals surface area contributed by atoms with Crippen molar-refractivity contribution in [2.75, 3.05) is 0 Å². The van der Waals surface area contributed by atoms with E-state index in [2.05, 4.69) is 20.4 Å². The van der Waals surface area contributed by atoms with E-state index in [1.165, 1.54) is 4.52 Å². The fourth-order valence-electron chi connectivity index (χ4n) is 1.95. The number of aromatic nitrogens is 4. The molecule has 3 aromatic heterocycles. The van der Waals surface area contributed by atoms with Crippen LogP contribution in [-0.4, -0.2) is 25.5 Å². The van der Waals surface area contributed by atoms with Gasteiger partial charge < -0.3 is 5.32 Å². The smallest absolute Gasteiger partial charge is 0.272 e. The Morgan fingerprint density at radius 1 is 1.38 bits per heavy atom. The number of carbonyl (C=O) groups excluding carboxylic acids is 1. The summed E-state index contributed by atoms with van der Waals surface area (Å²) in [5.74, 6) is -0.270. The number of nitrogens with zero attached hydrogens (tertiary/aromatic N) is 4. The normalized spacial score (nSPS) is 12.3. The fourth-order valence-corrected chi connectivity index (χ4v) is 2.10. The highest BCUT2D eigenvalue weighted by Crippen LogP contribution is 2.12. The van der Waals surface area contributed by atoms with Gasteiger partial charge in [-0.05, 0) is 30.7 Å². The molecule has 1 N–H and O–H groups in total. The van der Waals surface area contributed by atoms with Crippen LogP contribution in [0.1, 0.15) is 29.0 Å². The Morgan fingerprint density at radius 2 is 2.24 bits per heavy atom. The molecule has 0 spiro atoms. The van der Waals surface area contributed by atoms with Crippen LogP contribution in [0.15, 0.2) is 42.9 Å². The van der Waals surface area contributed by atoms with E-state index >= 15 is 0 Å². The van der Waals surface area contributed by atoms with Gasteiger partial charge in [0.15, 0.2) is 5.65 Å². The average molecular weight is 302 g/mol. The summed E-state index contributed by atoms with van der Waals surface area (Å²) in [6.07, 6.45) is 4.96. The van der Waals surface area contributed by atoms with Gasteiger partial charge in [0, 0.05) is 12.4 Å². The molecule has 3 heterocycles. The first kappa shape index (κ1) is 13.5. The molecule has 3 aromatic rings. The molecule has 7 heteroatoms. The van der Waals surface area contributed by atoms with Crippen LogP contribution in [0.4, 0.5) is 0 Å². The first-order valence-corrected chi connectivity index (χ1v) is 6.74. The predicted octanol–water partition coefficient (Wildman–Crippen LogP) is 2.27. The van der Waals surface area contributed by atoms with Crippen molar-refractivity contribution in [1.82, 2.24) is 24.9 Å². The minimum Gasteiger partial charge on any atom is -0.344 e. The second kappa shape index (κ2) is 5.49. The Balaban J connectivity index is 1.80. The van der Waals surface area contributed by atoms with Crippen molar-refractivity contribution in [3.63, 3.8) is 0 Å². The van der Waals surface area contributed by atoms with Crippen molar-refractivity contribution < 1.29 is 4.79 Å². The molecule has 0 aliphatic carbocycles. The van der Waals surface area contributed by atoms with Crippen LogP contribution < -0.4 is 5.32 Å². The molecule has 3 rings (SSSR count). The van der Waals surface area contributed by atoms with Crippen LogP contribution in [0.2, 0.25) is 5.15 Å². The summed E-state index contributed by atoms with van der Waals surface area (Å²) in [7, 11) is 0. The standard InChI is InChI=1S/C14H12ClN5O/c1-9(10-3-2-6-16-7-10)17-14(21)11-8-20-13(18-11)5-4-12(15)19-20/h2-9H,1H3,(H,17,21)/t9-/m1/s1. The lowest BCUT2D eigenvalue weighted by atomic mass is 10.1. The van der Waals surface area contributed by atoms with E-state index in [-0.39, 0.29) is 11.9 Å². The second-order valence-corrected chi connectivity index (χ2v) is 4.95. The topological polar surface area (TPSA) is 72.2 Å². The number of hydrogen-bond acceptors (Lipinski definition) is 4. The molecule has 21 heavy (non-hydrogen) atoms. The summed E-state index contributed by atoms with van der Waals surface area (Å²) in [5.41, 5.74) is 1.79. The predicted molar refractivity (Wildman–Crippen MR) is 78.1 cm³/mol. The molecule has 0 saturated carbocycles. The Labute approximate surface area is 125 Å². The van der Waals surface area contributed by atoms with E-state index in [1.54, 1.807) is 30.7 Å². The van der Waals surface area contributed by atoms with Crippen molar-refractivity contribution in [2.24, 2.45) is 0 Å². The number of amides is 1. The quantitative estimate of drug-likeness (QED) is 0.805. The Kier molecular flexibility index (Phi) is 3.53. The molecule has 0 aliphatic rings. The lowest BCUT2D eigenvalue weighted by molar-refractivity contribution is 0.0935. The molecule has 0 aromatic carbocycles. The maximum Gasteiger partial charge on any atom is 0.272 e. The van der Waals surface area contributed by atoms with Crippen molar-refractivity contribution in [3.05, 3.63) is 59.3 Å². The third-order valence-corrected chi connectivity index (χ3v) is 3.25. The zero-order valence-corrected chi connectivity index (χ0v) is 11.9. The van der Waals surface area contributed by atoms with Gasteiger partial charge in [-0.15, -0.1) is 0 Å². The zero-order chi connectivity index (χ0) is 14.8. The molecular formula is C14H12ClN5O. The average Bonchev–Trinajstić information content (AvgIpc) is 2.91. The number of pyridine rings is 1. The highest BCUT2D eigenvalue weighted by molar-refractivity contribution is 6.29. The maximum atomic E-state index is 12.2. The van der Waals surface area contributed by atoms with Crippen molar-refractivity contribution in [3.8, 4) is 0 Å². The molecule has 0 aliphatic heterocycles. The van der Waals surface area contributed by atoms with E-state index in [0.717, 1.165) is 5.56 Å². The van der Waals surface area contributed by atoms with E-state index < -0.39 is 0 Å². The summed E-state index contributed by atoms with van der Waals surface area (Å²) in [5, 5.41) is 7.26. The second-order valence-electron chi connectivity index (χ2n) is 4.57. The van der Waals surface area contributed by atoms with Crippen LogP contribution in [0.25, 0.3) is 5.65 Å². The molecule has 1 atom stereocenters. The third-order valence-electron chi connectivity index (χ3n) is 3.05. The minimum absolute atomic E-state index is 0.160. The monoisotopic (exact) mass is 301 g/mol. The number of halogens is 1. The molecule has 0 saturated heterocycles. The Morgan fingerprint density at radius 3 is 3.00 bits per heavy atom. The van der Waals surface area contributed by atoms with Crippen LogP contribution >= 0.6 is 11.6 Å². The fraction of sp³-hybridized carbons (Fsp3) is 0.143. The first-order valence-electron chi connectivity index (χ1n) is 6.36. The van der Waals surface area contributed by atoms with Gasteiger partial charge in [0.25, 0.3) is 5.91 Å². The number of imidazole rings is 1. The summed E-state index contributed by atoms with van der Waals surface area (Å²) in [4.78, 5) is 20.5. The van der Waals surface area contributed by atoms with E-state index in [0.29, 0.717) is 16.5 Å². The van der Waals surface area contributed by atoms with Gasteiger partial charge in [-0.1, -0.05) is 17.7 Å². The highest BCUT2D eigenvalue weighted by atomic mass is 35.5. The van der Waals surface area contributed by atoms with Crippen LogP contribution in [0, 0.1) is 0 Å². The van der Waals surface area contributed by atoms with Gasteiger partial charge in [0.2, 0.25) is 0 Å². The molecule has 0 bridgehead atoms. The van der Waals surface area contributed by atoms with Crippen LogP contribution in [0.3, 0.4) is 0 Å². The number of rotatable bonds is 3. The summed E-state index contributed by atoms with van der Waals surface area (Å²) >= 11 is 5.80. The number of hydrogen-bond donors (Lipinski definition) is 1. The molecule has 106 valence electrons. The Hall–Kier alpha value is -2.47. The van der Waals surface area contributed by atoms with E-state index in [4.69, 9.17) is 11.6 Å². The lowest BCUT2D eigenvalue weighted by Crippen LogP contribution is -2.26. The minimum atomic E-state index is -0.270. The van der Waals surface area contributed by atoms with Crippen LogP contribution in [-0.2, 0) is 0 Å². The molecule has 0 radical (unpaired) electrons. The highest BCUT2D eigenvalue weighted by Gasteiger charge is 2.15. The Bertz CT molecular complexity index is 786. The van der Waals surface area contributed by atoms with Crippen molar-refractivity contribution in [1.29, 1.82) is 0 Å². The molecule has 6 nitrogen and oxygen atoms in total. The summed E-state index contributed by atoms with van der Waals surface area (Å²) in [6.45, 7) is 1.89. The van der Waals surface area contributed by atoms with Crippen LogP contribution in [0.5, 0.6) is 0 Å². The molecular weight excluding hydrogens is 290 g/mol. The van der Waals surface area contributed by atoms with Gasteiger partial charge in [-0.2, -0.15) is 5.10 Å². The number of carbonyl (C=O) groups is 1. The third kappa shape index (κ3) is 2.85. The van der Waals surface area contributed by atoms with E-state index in [9.17, 15) is 4.79 Å². The van der Waals surface area contributed by atoms with Gasteiger partial charge >= 0.3 is 0 Å². The number of fused-ring (bicyclic) bond motifs is 1. The molecule has 0 unspecified atom stereocenters. The first-order chi connectivity index (χ1) is 10.1. The molecule has 1 amide bonds. The largest absolute Gasteiger partial charge is 0.344 e. The van der Waals surface area contributed by atoms with Crippen molar-refractivity contribution >= 4 is 23.2 Å². The van der Waals surface area contributed by atoms with Crippen molar-refractivity contribution in [2.45, 2.75) is 13.0 Å². The van der Waals surface area contributed by atoms with Gasteiger partial charge in [-0.3, -0.25) is 9.78 Å². The van der Waals surface area contributed by atoms with Gasteiger partial charge in [0.05, 0.1) is 12.2 Å². The number of nitrogens with one attached hydrogen (secondary N) is 1. The zero-order valence-electron chi connectivity index (χ0n) is 11.2. The lowest BCUT2D eigenvalue weighted by Gasteiger charge is -2.12. The summed E-state index contributed by atoms with van der Waals surface area (Å²) < 4.78 is 1.48. The van der Waals surface area contributed by atoms with Gasteiger partial charge in [-0.25, -0.2) is 9.50 Å². The SMILES string of the molecule is C[C@@H](NC(=O)c1cn2nc(Cl)ccc2n1)c1cccnc1. The van der Waals surface area contributed by atoms with E-state index in [1.807, 2.05) is 19.1 Å². The van der Waals surface area contributed by atoms with Gasteiger partial charge in [0.1, 0.15) is 10.8 Å².